The van der Waals surface area contributed by atoms with Crippen LogP contribution in [0.3, 0.4) is 0 Å². The molecular weight excluding hydrogens is 342 g/mol. The molecule has 27 heavy (non-hydrogen) atoms. The molecule has 2 aromatic carbocycles. The summed E-state index contributed by atoms with van der Waals surface area (Å²) in [7, 11) is 3.25. The third-order valence-corrected chi connectivity index (χ3v) is 4.42. The Morgan fingerprint density at radius 2 is 1.78 bits per heavy atom. The molecule has 0 aromatic heterocycles. The fourth-order valence-electron chi connectivity index (χ4n) is 2.84. The number of benzene rings is 2. The van der Waals surface area contributed by atoms with Gasteiger partial charge in [-0.3, -0.25) is 4.79 Å². The van der Waals surface area contributed by atoms with Gasteiger partial charge in [0.2, 0.25) is 0 Å². The Bertz CT molecular complexity index is 745. The Labute approximate surface area is 161 Å². The van der Waals surface area contributed by atoms with E-state index in [2.05, 4.69) is 12.2 Å². The Morgan fingerprint density at radius 3 is 2.48 bits per heavy atom. The highest BCUT2D eigenvalue weighted by Gasteiger charge is 2.15. The molecule has 0 radical (unpaired) electrons. The predicted octanol–water partition coefficient (Wildman–Crippen LogP) is 3.78. The zero-order chi connectivity index (χ0) is 19.6. The van der Waals surface area contributed by atoms with Crippen molar-refractivity contribution in [2.24, 2.45) is 0 Å². The molecule has 1 amide bonds. The molecule has 146 valence electrons. The van der Waals surface area contributed by atoms with Gasteiger partial charge in [-0.15, -0.1) is 0 Å². The van der Waals surface area contributed by atoms with E-state index in [4.69, 9.17) is 14.2 Å². The highest BCUT2D eigenvalue weighted by atomic mass is 16.5. The number of nitrogens with one attached hydrogen (secondary N) is 1. The molecule has 0 aliphatic carbocycles. The first-order chi connectivity index (χ1) is 13.1. The molecule has 0 unspecified atom stereocenters. The van der Waals surface area contributed by atoms with E-state index in [1.807, 2.05) is 42.5 Å². The van der Waals surface area contributed by atoms with E-state index in [9.17, 15) is 4.79 Å². The summed E-state index contributed by atoms with van der Waals surface area (Å²) in [5, 5.41) is 2.94. The quantitative estimate of drug-likeness (QED) is 0.646. The number of hydrogen-bond donors (Lipinski definition) is 1. The van der Waals surface area contributed by atoms with E-state index < -0.39 is 6.10 Å². The van der Waals surface area contributed by atoms with Crippen LogP contribution in [-0.2, 0) is 17.6 Å². The van der Waals surface area contributed by atoms with Gasteiger partial charge in [-0.1, -0.05) is 31.2 Å². The number of amides is 1. The van der Waals surface area contributed by atoms with E-state index in [0.29, 0.717) is 12.3 Å². The van der Waals surface area contributed by atoms with Crippen molar-refractivity contribution in [1.29, 1.82) is 0 Å². The standard InChI is InChI=1S/C22H29NO4/c1-5-18-10-6-7-11-19(18)27-16(2)22(24)23-14-8-9-17-12-13-20(25-3)21(15-17)26-4/h6-7,10-13,15-16H,5,8-9,14H2,1-4H3,(H,23,24)/t16-/m0/s1. The van der Waals surface area contributed by atoms with Crippen LogP contribution < -0.4 is 19.5 Å². The first kappa shape index (κ1) is 20.6. The molecule has 1 atom stereocenters. The minimum Gasteiger partial charge on any atom is -0.493 e. The number of carbonyl (C=O) groups is 1. The molecule has 0 aliphatic rings. The lowest BCUT2D eigenvalue weighted by atomic mass is 10.1. The molecule has 0 bridgehead atoms. The van der Waals surface area contributed by atoms with Crippen molar-refractivity contribution in [1.82, 2.24) is 5.32 Å². The van der Waals surface area contributed by atoms with Crippen LogP contribution in [0.1, 0.15) is 31.4 Å². The van der Waals surface area contributed by atoms with Gasteiger partial charge in [0.15, 0.2) is 17.6 Å². The molecule has 1 N–H and O–H groups in total. The average Bonchev–Trinajstić information content (AvgIpc) is 2.71. The van der Waals surface area contributed by atoms with E-state index in [0.717, 1.165) is 41.9 Å². The van der Waals surface area contributed by atoms with Crippen LogP contribution in [0.5, 0.6) is 17.2 Å². The molecular formula is C22H29NO4. The monoisotopic (exact) mass is 371 g/mol. The van der Waals surface area contributed by atoms with Crippen LogP contribution in [0.2, 0.25) is 0 Å². The normalized spacial score (nSPS) is 11.6. The SMILES string of the molecule is CCc1ccccc1O[C@@H](C)C(=O)NCCCc1ccc(OC)c(OC)c1. The van der Waals surface area contributed by atoms with Crippen LogP contribution in [0.15, 0.2) is 42.5 Å². The second-order valence-electron chi connectivity index (χ2n) is 6.31. The van der Waals surface area contributed by atoms with Gasteiger partial charge in [0, 0.05) is 6.54 Å². The molecule has 5 nitrogen and oxygen atoms in total. The summed E-state index contributed by atoms with van der Waals surface area (Å²) in [6.45, 7) is 4.44. The Hall–Kier alpha value is -2.69. The Kier molecular flexibility index (Phi) is 7.99. The predicted molar refractivity (Wildman–Crippen MR) is 107 cm³/mol. The summed E-state index contributed by atoms with van der Waals surface area (Å²) in [5.74, 6) is 2.10. The number of hydrogen-bond acceptors (Lipinski definition) is 4. The number of carbonyl (C=O) groups excluding carboxylic acids is 1. The van der Waals surface area contributed by atoms with Gasteiger partial charge < -0.3 is 19.5 Å². The summed E-state index contributed by atoms with van der Waals surface area (Å²) in [5.41, 5.74) is 2.24. The van der Waals surface area contributed by atoms with Gasteiger partial charge in [-0.2, -0.15) is 0 Å². The largest absolute Gasteiger partial charge is 0.493 e. The average molecular weight is 371 g/mol. The lowest BCUT2D eigenvalue weighted by Gasteiger charge is -2.17. The molecule has 2 aromatic rings. The molecule has 0 aliphatic heterocycles. The van der Waals surface area contributed by atoms with Gasteiger partial charge in [-0.25, -0.2) is 0 Å². The molecule has 0 heterocycles. The van der Waals surface area contributed by atoms with Crippen LogP contribution >= 0.6 is 0 Å². The first-order valence-corrected chi connectivity index (χ1v) is 9.32. The van der Waals surface area contributed by atoms with Crippen LogP contribution in [0.4, 0.5) is 0 Å². The highest BCUT2D eigenvalue weighted by molar-refractivity contribution is 5.80. The van der Waals surface area contributed by atoms with Crippen molar-refractivity contribution in [2.75, 3.05) is 20.8 Å². The molecule has 0 saturated heterocycles. The Morgan fingerprint density at radius 1 is 1.04 bits per heavy atom. The highest BCUT2D eigenvalue weighted by Crippen LogP contribution is 2.27. The second kappa shape index (κ2) is 10.5. The lowest BCUT2D eigenvalue weighted by molar-refractivity contribution is -0.127. The van der Waals surface area contributed by atoms with Gasteiger partial charge in [0.25, 0.3) is 5.91 Å². The van der Waals surface area contributed by atoms with Crippen molar-refractivity contribution >= 4 is 5.91 Å². The molecule has 2 rings (SSSR count). The molecule has 0 fully saturated rings. The minimum atomic E-state index is -0.529. The van der Waals surface area contributed by atoms with Gasteiger partial charge in [-0.05, 0) is 55.5 Å². The second-order valence-corrected chi connectivity index (χ2v) is 6.31. The number of para-hydroxylation sites is 1. The van der Waals surface area contributed by atoms with Crippen LogP contribution in [0.25, 0.3) is 0 Å². The lowest BCUT2D eigenvalue weighted by Crippen LogP contribution is -2.37. The number of ether oxygens (including phenoxy) is 3. The van der Waals surface area contributed by atoms with E-state index in [1.165, 1.54) is 0 Å². The van der Waals surface area contributed by atoms with E-state index in [1.54, 1.807) is 21.1 Å². The van der Waals surface area contributed by atoms with Crippen molar-refractivity contribution in [2.45, 2.75) is 39.2 Å². The van der Waals surface area contributed by atoms with Crippen LogP contribution in [-0.4, -0.2) is 32.8 Å². The van der Waals surface area contributed by atoms with Crippen molar-refractivity contribution in [3.8, 4) is 17.2 Å². The van der Waals surface area contributed by atoms with Gasteiger partial charge >= 0.3 is 0 Å². The molecule has 0 spiro atoms. The maximum absolute atomic E-state index is 12.3. The van der Waals surface area contributed by atoms with Crippen molar-refractivity contribution in [3.63, 3.8) is 0 Å². The zero-order valence-corrected chi connectivity index (χ0v) is 16.6. The zero-order valence-electron chi connectivity index (χ0n) is 16.6. The maximum Gasteiger partial charge on any atom is 0.260 e. The number of rotatable bonds is 10. The van der Waals surface area contributed by atoms with Gasteiger partial charge in [0.05, 0.1) is 14.2 Å². The van der Waals surface area contributed by atoms with Crippen LogP contribution in [0, 0.1) is 0 Å². The number of aryl methyl sites for hydroxylation is 2. The molecule has 5 heteroatoms. The minimum absolute atomic E-state index is 0.104. The summed E-state index contributed by atoms with van der Waals surface area (Å²) >= 11 is 0. The molecule has 0 saturated carbocycles. The fraction of sp³-hybridized carbons (Fsp3) is 0.409. The smallest absolute Gasteiger partial charge is 0.260 e. The maximum atomic E-state index is 12.3. The summed E-state index contributed by atoms with van der Waals surface area (Å²) in [4.78, 5) is 12.3. The van der Waals surface area contributed by atoms with Gasteiger partial charge in [0.1, 0.15) is 5.75 Å². The fourth-order valence-corrected chi connectivity index (χ4v) is 2.84. The topological polar surface area (TPSA) is 56.8 Å². The third kappa shape index (κ3) is 5.91. The van der Waals surface area contributed by atoms with Crippen molar-refractivity contribution in [3.05, 3.63) is 53.6 Å². The summed E-state index contributed by atoms with van der Waals surface area (Å²) < 4.78 is 16.4. The third-order valence-electron chi connectivity index (χ3n) is 4.42. The van der Waals surface area contributed by atoms with E-state index in [-0.39, 0.29) is 5.91 Å². The van der Waals surface area contributed by atoms with Crippen molar-refractivity contribution < 1.29 is 19.0 Å². The summed E-state index contributed by atoms with van der Waals surface area (Å²) in [6.07, 6.45) is 2.02. The summed E-state index contributed by atoms with van der Waals surface area (Å²) in [6, 6.07) is 13.7. The first-order valence-electron chi connectivity index (χ1n) is 9.32. The van der Waals surface area contributed by atoms with E-state index >= 15 is 0 Å². The Balaban J connectivity index is 1.78. The number of methoxy groups -OCH3 is 2.